The second kappa shape index (κ2) is 8.02. The fraction of sp³-hybridized carbons (Fsp3) is 0.538. The largest absolute Gasteiger partial charge is 0.246 e. The quantitative estimate of drug-likeness (QED) is 0.678. The van der Waals surface area contributed by atoms with Crippen LogP contribution in [0.5, 0.6) is 0 Å². The van der Waals surface area contributed by atoms with E-state index < -0.39 is 20.7 Å². The predicted octanol–water partition coefficient (Wildman–Crippen LogP) is 3.98. The molecular weight excluding hydrogens is 356 g/mol. The van der Waals surface area contributed by atoms with E-state index in [1.54, 1.807) is 18.7 Å². The SMILES string of the molecule is CSCCC(C)N(C)S(=O)(=O)c1cc(Cl)cc(CCl)c1F. The molecule has 21 heavy (non-hydrogen) atoms. The smallest absolute Gasteiger partial charge is 0.207 e. The average Bonchev–Trinajstić information content (AvgIpc) is 2.45. The van der Waals surface area contributed by atoms with E-state index in [1.165, 1.54) is 17.4 Å². The summed E-state index contributed by atoms with van der Waals surface area (Å²) < 4.78 is 40.6. The molecule has 1 aromatic rings. The maximum absolute atomic E-state index is 14.3. The molecule has 0 amide bonds. The van der Waals surface area contributed by atoms with Crippen molar-refractivity contribution in [3.8, 4) is 0 Å². The number of sulfonamides is 1. The first-order valence-electron chi connectivity index (χ1n) is 6.26. The van der Waals surface area contributed by atoms with Crippen LogP contribution < -0.4 is 0 Å². The third-order valence-electron chi connectivity index (χ3n) is 3.24. The van der Waals surface area contributed by atoms with Crippen molar-refractivity contribution in [3.05, 3.63) is 28.5 Å². The molecule has 0 N–H and O–H groups in total. The molecule has 1 unspecified atom stereocenters. The van der Waals surface area contributed by atoms with Crippen molar-refractivity contribution in [1.82, 2.24) is 4.31 Å². The molecule has 0 fully saturated rings. The van der Waals surface area contributed by atoms with E-state index in [0.29, 0.717) is 6.42 Å². The Hall–Kier alpha value is -0.0100. The molecule has 0 aromatic heterocycles. The molecule has 0 saturated carbocycles. The van der Waals surface area contributed by atoms with Crippen LogP contribution in [0.2, 0.25) is 5.02 Å². The van der Waals surface area contributed by atoms with Crippen molar-refractivity contribution >= 4 is 45.0 Å². The van der Waals surface area contributed by atoms with Crippen molar-refractivity contribution in [2.45, 2.75) is 30.2 Å². The van der Waals surface area contributed by atoms with Gasteiger partial charge in [0.25, 0.3) is 0 Å². The molecule has 0 spiro atoms. The number of halogens is 3. The maximum atomic E-state index is 14.3. The van der Waals surface area contributed by atoms with Gasteiger partial charge in [-0.25, -0.2) is 12.8 Å². The Bertz CT molecular complexity index is 596. The molecule has 3 nitrogen and oxygen atoms in total. The molecule has 1 rings (SSSR count). The van der Waals surface area contributed by atoms with Gasteiger partial charge in [0.1, 0.15) is 10.7 Å². The standard InChI is InChI=1S/C13H18Cl2FNO2S2/c1-9(4-5-20-3)17(2)21(18,19)12-7-11(15)6-10(8-14)13(12)16/h6-7,9H,4-5,8H2,1-3H3. The highest BCUT2D eigenvalue weighted by atomic mass is 35.5. The van der Waals surface area contributed by atoms with E-state index in [9.17, 15) is 12.8 Å². The highest BCUT2D eigenvalue weighted by molar-refractivity contribution is 7.98. The zero-order valence-electron chi connectivity index (χ0n) is 12.1. The molecule has 0 bridgehead atoms. The van der Waals surface area contributed by atoms with E-state index in [1.807, 2.05) is 6.26 Å². The van der Waals surface area contributed by atoms with Crippen molar-refractivity contribution in [2.75, 3.05) is 19.1 Å². The number of hydrogen-bond acceptors (Lipinski definition) is 3. The van der Waals surface area contributed by atoms with Crippen molar-refractivity contribution in [2.24, 2.45) is 0 Å². The molecule has 0 heterocycles. The Morgan fingerprint density at radius 2 is 2.05 bits per heavy atom. The number of thioether (sulfide) groups is 1. The minimum absolute atomic E-state index is 0.0768. The summed E-state index contributed by atoms with van der Waals surface area (Å²) in [5.41, 5.74) is 0.0768. The molecular formula is C13H18Cl2FNO2S2. The van der Waals surface area contributed by atoms with Gasteiger partial charge in [0, 0.05) is 23.7 Å². The minimum Gasteiger partial charge on any atom is -0.207 e. The van der Waals surface area contributed by atoms with Crippen LogP contribution >= 0.6 is 35.0 Å². The van der Waals surface area contributed by atoms with Gasteiger partial charge < -0.3 is 0 Å². The van der Waals surface area contributed by atoms with Gasteiger partial charge in [0.05, 0.1) is 5.88 Å². The molecule has 0 radical (unpaired) electrons. The zero-order chi connectivity index (χ0) is 16.2. The van der Waals surface area contributed by atoms with Crippen LogP contribution in [0.15, 0.2) is 17.0 Å². The molecule has 0 aliphatic heterocycles. The van der Waals surface area contributed by atoms with Crippen LogP contribution in [0.1, 0.15) is 18.9 Å². The number of hydrogen-bond donors (Lipinski definition) is 0. The summed E-state index contributed by atoms with van der Waals surface area (Å²) in [4.78, 5) is -0.427. The Labute approximate surface area is 139 Å². The van der Waals surface area contributed by atoms with Crippen molar-refractivity contribution in [1.29, 1.82) is 0 Å². The van der Waals surface area contributed by atoms with E-state index in [0.717, 1.165) is 11.8 Å². The fourth-order valence-electron chi connectivity index (χ4n) is 1.77. The lowest BCUT2D eigenvalue weighted by Crippen LogP contribution is -2.36. The van der Waals surface area contributed by atoms with E-state index in [2.05, 4.69) is 0 Å². The lowest BCUT2D eigenvalue weighted by Gasteiger charge is -2.24. The molecule has 1 aromatic carbocycles. The lowest BCUT2D eigenvalue weighted by atomic mass is 10.2. The number of benzene rings is 1. The Kier molecular flexibility index (Phi) is 7.27. The van der Waals surface area contributed by atoms with Gasteiger partial charge in [-0.15, -0.1) is 11.6 Å². The van der Waals surface area contributed by atoms with Crippen LogP contribution in [0.4, 0.5) is 4.39 Å². The summed E-state index contributed by atoms with van der Waals surface area (Å²) in [6.07, 6.45) is 2.63. The average molecular weight is 374 g/mol. The van der Waals surface area contributed by atoms with E-state index in [-0.39, 0.29) is 22.5 Å². The van der Waals surface area contributed by atoms with Crippen LogP contribution in [0.3, 0.4) is 0 Å². The van der Waals surface area contributed by atoms with Crippen LogP contribution in [-0.2, 0) is 15.9 Å². The molecule has 0 saturated heterocycles. The van der Waals surface area contributed by atoms with Gasteiger partial charge in [-0.2, -0.15) is 16.1 Å². The summed E-state index contributed by atoms with van der Waals surface area (Å²) in [7, 11) is -2.50. The van der Waals surface area contributed by atoms with Gasteiger partial charge in [0.2, 0.25) is 10.0 Å². The van der Waals surface area contributed by atoms with Gasteiger partial charge in [-0.05, 0) is 37.5 Å². The Morgan fingerprint density at radius 1 is 1.43 bits per heavy atom. The Balaban J connectivity index is 3.21. The summed E-state index contributed by atoms with van der Waals surface area (Å²) >= 11 is 13.1. The molecule has 0 aliphatic rings. The highest BCUT2D eigenvalue weighted by Gasteiger charge is 2.29. The topological polar surface area (TPSA) is 37.4 Å². The number of rotatable bonds is 7. The molecule has 120 valence electrons. The van der Waals surface area contributed by atoms with Gasteiger partial charge >= 0.3 is 0 Å². The zero-order valence-corrected chi connectivity index (χ0v) is 15.2. The summed E-state index contributed by atoms with van der Waals surface area (Å²) in [6.45, 7) is 1.79. The van der Waals surface area contributed by atoms with Gasteiger partial charge in [-0.1, -0.05) is 11.6 Å². The first-order valence-corrected chi connectivity index (χ1v) is 10.0. The monoisotopic (exact) mass is 373 g/mol. The van der Waals surface area contributed by atoms with Crippen LogP contribution in [0, 0.1) is 5.82 Å². The normalized spacial score (nSPS) is 13.7. The number of alkyl halides is 1. The predicted molar refractivity (Wildman–Crippen MR) is 88.4 cm³/mol. The third-order valence-corrected chi connectivity index (χ3v) is 6.36. The highest BCUT2D eigenvalue weighted by Crippen LogP contribution is 2.28. The fourth-order valence-corrected chi connectivity index (χ4v) is 4.37. The van der Waals surface area contributed by atoms with Gasteiger partial charge in [-0.3, -0.25) is 0 Å². The van der Waals surface area contributed by atoms with Gasteiger partial charge in [0.15, 0.2) is 0 Å². The lowest BCUT2D eigenvalue weighted by molar-refractivity contribution is 0.380. The molecule has 1 atom stereocenters. The third kappa shape index (κ3) is 4.48. The van der Waals surface area contributed by atoms with Crippen LogP contribution in [0.25, 0.3) is 0 Å². The first kappa shape index (κ1) is 19.0. The van der Waals surface area contributed by atoms with E-state index >= 15 is 0 Å². The van der Waals surface area contributed by atoms with Crippen molar-refractivity contribution in [3.63, 3.8) is 0 Å². The second-order valence-electron chi connectivity index (χ2n) is 4.66. The van der Waals surface area contributed by atoms with Crippen molar-refractivity contribution < 1.29 is 12.8 Å². The van der Waals surface area contributed by atoms with Crippen LogP contribution in [-0.4, -0.2) is 37.8 Å². The van der Waals surface area contributed by atoms with E-state index in [4.69, 9.17) is 23.2 Å². The summed E-state index contributed by atoms with van der Waals surface area (Å²) in [5.74, 6) is -0.148. The summed E-state index contributed by atoms with van der Waals surface area (Å²) in [5, 5.41) is 0.149. The summed E-state index contributed by atoms with van der Waals surface area (Å²) in [6, 6.07) is 2.22. The molecule has 8 heteroatoms. The first-order chi connectivity index (χ1) is 9.75. The molecule has 0 aliphatic carbocycles. The minimum atomic E-state index is -3.95. The Morgan fingerprint density at radius 3 is 2.57 bits per heavy atom. The second-order valence-corrected chi connectivity index (χ2v) is 8.32. The maximum Gasteiger partial charge on any atom is 0.246 e. The number of nitrogens with zero attached hydrogens (tertiary/aromatic N) is 1.